The maximum Gasteiger partial charge on any atom is 0.259 e. The van der Waals surface area contributed by atoms with Crippen molar-refractivity contribution in [2.75, 3.05) is 6.54 Å². The van der Waals surface area contributed by atoms with Crippen molar-refractivity contribution in [2.45, 2.75) is 64.8 Å². The Balaban J connectivity index is 1.91. The van der Waals surface area contributed by atoms with Crippen LogP contribution in [-0.2, 0) is 0 Å². The minimum absolute atomic E-state index is 0.0127. The summed E-state index contributed by atoms with van der Waals surface area (Å²) in [6, 6.07) is 1.87. The summed E-state index contributed by atoms with van der Waals surface area (Å²) >= 11 is 0. The predicted octanol–water partition coefficient (Wildman–Crippen LogP) is 3.29. The van der Waals surface area contributed by atoms with Crippen LogP contribution < -0.4 is 11.1 Å². The third-order valence-corrected chi connectivity index (χ3v) is 5.26. The molecule has 136 valence electrons. The molecule has 0 aromatic carbocycles. The number of nitrogens with two attached hydrogens (primary N) is 1. The van der Waals surface area contributed by atoms with Gasteiger partial charge in [0.25, 0.3) is 11.6 Å². The zero-order chi connectivity index (χ0) is 18.0. The van der Waals surface area contributed by atoms with E-state index in [9.17, 15) is 4.79 Å². The summed E-state index contributed by atoms with van der Waals surface area (Å²) in [5, 5.41) is 7.85. The maximum atomic E-state index is 13.0. The Labute approximate surface area is 148 Å². The molecule has 0 bridgehead atoms. The van der Waals surface area contributed by atoms with Crippen molar-refractivity contribution in [3.8, 4) is 0 Å². The molecule has 0 saturated heterocycles. The quantitative estimate of drug-likeness (QED) is 0.868. The second-order valence-electron chi connectivity index (χ2n) is 7.41. The minimum atomic E-state index is -0.110. The van der Waals surface area contributed by atoms with Gasteiger partial charge in [-0.05, 0) is 37.7 Å². The van der Waals surface area contributed by atoms with Gasteiger partial charge in [-0.1, -0.05) is 38.3 Å². The molecule has 2 aromatic heterocycles. The van der Waals surface area contributed by atoms with E-state index in [4.69, 9.17) is 10.3 Å². The number of aryl methyl sites for hydroxylation is 1. The zero-order valence-electron chi connectivity index (χ0n) is 15.3. The Hall–Kier alpha value is -1.95. The lowest BCUT2D eigenvalue weighted by molar-refractivity contribution is 0.0917. The molecule has 2 aromatic rings. The van der Waals surface area contributed by atoms with Crippen LogP contribution in [0.3, 0.4) is 0 Å². The summed E-state index contributed by atoms with van der Waals surface area (Å²) in [4.78, 5) is 17.5. The van der Waals surface area contributed by atoms with Gasteiger partial charge in [0.1, 0.15) is 0 Å². The molecule has 0 aliphatic heterocycles. The highest BCUT2D eigenvalue weighted by Crippen LogP contribution is 2.28. The van der Waals surface area contributed by atoms with Gasteiger partial charge in [-0.2, -0.15) is 0 Å². The van der Waals surface area contributed by atoms with Crippen molar-refractivity contribution in [1.82, 2.24) is 15.5 Å². The van der Waals surface area contributed by atoms with Gasteiger partial charge in [0.15, 0.2) is 0 Å². The predicted molar refractivity (Wildman–Crippen MR) is 97.5 cm³/mol. The van der Waals surface area contributed by atoms with Crippen LogP contribution in [-0.4, -0.2) is 28.6 Å². The van der Waals surface area contributed by atoms with Crippen molar-refractivity contribution >= 4 is 17.0 Å². The van der Waals surface area contributed by atoms with Gasteiger partial charge in [0, 0.05) is 18.3 Å². The number of pyridine rings is 1. The maximum absolute atomic E-state index is 13.0. The first-order chi connectivity index (χ1) is 12.0. The van der Waals surface area contributed by atoms with Gasteiger partial charge in [0.05, 0.1) is 16.6 Å². The zero-order valence-corrected chi connectivity index (χ0v) is 15.3. The third-order valence-electron chi connectivity index (χ3n) is 5.26. The molecule has 1 saturated carbocycles. The minimum Gasteiger partial charge on any atom is -0.348 e. The van der Waals surface area contributed by atoms with Crippen LogP contribution in [0.2, 0.25) is 0 Å². The molecule has 1 aliphatic carbocycles. The molecule has 1 aliphatic rings. The van der Waals surface area contributed by atoms with Crippen molar-refractivity contribution in [1.29, 1.82) is 0 Å². The Bertz CT molecular complexity index is 747. The first-order valence-corrected chi connectivity index (χ1v) is 9.29. The van der Waals surface area contributed by atoms with Gasteiger partial charge in [-0.15, -0.1) is 0 Å². The lowest BCUT2D eigenvalue weighted by atomic mass is 9.83. The fraction of sp³-hybridized carbons (Fsp3) is 0.632. The van der Waals surface area contributed by atoms with E-state index in [1.807, 2.05) is 26.8 Å². The summed E-state index contributed by atoms with van der Waals surface area (Å²) in [6.45, 7) is 6.39. The molecule has 1 unspecified atom stereocenters. The van der Waals surface area contributed by atoms with Crippen molar-refractivity contribution in [2.24, 2.45) is 11.7 Å². The van der Waals surface area contributed by atoms with E-state index in [2.05, 4.69) is 15.5 Å². The SMILES string of the molecule is Cc1noc2nc(C(C)C)cc(C(=O)NC(CN)C3CCCCC3)c12. The molecule has 0 radical (unpaired) electrons. The van der Waals surface area contributed by atoms with Crippen LogP contribution in [0.4, 0.5) is 0 Å². The lowest BCUT2D eigenvalue weighted by Gasteiger charge is -2.30. The van der Waals surface area contributed by atoms with Crippen LogP contribution in [0.5, 0.6) is 0 Å². The lowest BCUT2D eigenvalue weighted by Crippen LogP contribution is -2.46. The van der Waals surface area contributed by atoms with Crippen LogP contribution in [0.1, 0.15) is 73.6 Å². The number of hydrogen-bond donors (Lipinski definition) is 2. The number of nitrogens with one attached hydrogen (secondary N) is 1. The number of aromatic nitrogens is 2. The number of carbonyl (C=O) groups excluding carboxylic acids is 1. The molecular weight excluding hydrogens is 316 g/mol. The van der Waals surface area contributed by atoms with Crippen LogP contribution in [0.25, 0.3) is 11.1 Å². The van der Waals surface area contributed by atoms with Gasteiger partial charge in [-0.3, -0.25) is 4.79 Å². The highest BCUT2D eigenvalue weighted by molar-refractivity contribution is 6.06. The van der Waals surface area contributed by atoms with E-state index in [-0.39, 0.29) is 17.9 Å². The molecular formula is C19H28N4O2. The van der Waals surface area contributed by atoms with Gasteiger partial charge < -0.3 is 15.6 Å². The second kappa shape index (κ2) is 7.52. The number of hydrogen-bond acceptors (Lipinski definition) is 5. The smallest absolute Gasteiger partial charge is 0.259 e. The van der Waals surface area contributed by atoms with E-state index in [0.29, 0.717) is 34.8 Å². The largest absolute Gasteiger partial charge is 0.348 e. The second-order valence-corrected chi connectivity index (χ2v) is 7.41. The average Bonchev–Trinajstić information content (AvgIpc) is 3.00. The molecule has 6 nitrogen and oxygen atoms in total. The van der Waals surface area contributed by atoms with Crippen LogP contribution in [0.15, 0.2) is 10.6 Å². The van der Waals surface area contributed by atoms with E-state index in [1.54, 1.807) is 0 Å². The van der Waals surface area contributed by atoms with Gasteiger partial charge in [0.2, 0.25) is 0 Å². The molecule has 6 heteroatoms. The fourth-order valence-corrected chi connectivity index (χ4v) is 3.74. The summed E-state index contributed by atoms with van der Waals surface area (Å²) in [6.07, 6.45) is 6.00. The molecule has 2 heterocycles. The highest BCUT2D eigenvalue weighted by Gasteiger charge is 2.26. The molecule has 3 N–H and O–H groups in total. The topological polar surface area (TPSA) is 94.0 Å². The molecule has 0 spiro atoms. The molecule has 1 amide bonds. The highest BCUT2D eigenvalue weighted by atomic mass is 16.5. The number of amides is 1. The van der Waals surface area contributed by atoms with Crippen molar-refractivity contribution in [3.05, 3.63) is 23.0 Å². The van der Waals surface area contributed by atoms with Gasteiger partial charge >= 0.3 is 0 Å². The number of rotatable bonds is 5. The van der Waals surface area contributed by atoms with Gasteiger partial charge in [-0.25, -0.2) is 4.98 Å². The molecule has 1 fully saturated rings. The van der Waals surface area contributed by atoms with Crippen LogP contribution in [0, 0.1) is 12.8 Å². The first-order valence-electron chi connectivity index (χ1n) is 9.29. The standard InChI is InChI=1S/C19H28N4O2/c1-11(2)15-9-14(17-12(3)23-25-19(17)22-15)18(24)21-16(10-20)13-7-5-4-6-8-13/h9,11,13,16H,4-8,10,20H2,1-3H3,(H,21,24). The normalized spacial score (nSPS) is 17.2. The average molecular weight is 344 g/mol. The van der Waals surface area contributed by atoms with E-state index in [1.165, 1.54) is 19.3 Å². The van der Waals surface area contributed by atoms with Crippen molar-refractivity contribution in [3.63, 3.8) is 0 Å². The third kappa shape index (κ3) is 3.68. The number of carbonyl (C=O) groups is 1. The Kier molecular flexibility index (Phi) is 5.37. The number of fused-ring (bicyclic) bond motifs is 1. The molecule has 1 atom stereocenters. The fourth-order valence-electron chi connectivity index (χ4n) is 3.74. The summed E-state index contributed by atoms with van der Waals surface area (Å²) < 4.78 is 5.31. The van der Waals surface area contributed by atoms with E-state index in [0.717, 1.165) is 18.5 Å². The van der Waals surface area contributed by atoms with Crippen LogP contribution >= 0.6 is 0 Å². The molecule has 3 rings (SSSR count). The van der Waals surface area contributed by atoms with Crippen molar-refractivity contribution < 1.29 is 9.32 Å². The van der Waals surface area contributed by atoms with E-state index >= 15 is 0 Å². The Morgan fingerprint density at radius 1 is 1.36 bits per heavy atom. The Morgan fingerprint density at radius 3 is 2.72 bits per heavy atom. The Morgan fingerprint density at radius 2 is 2.08 bits per heavy atom. The summed E-state index contributed by atoms with van der Waals surface area (Å²) in [7, 11) is 0. The summed E-state index contributed by atoms with van der Waals surface area (Å²) in [5.74, 6) is 0.555. The monoisotopic (exact) mass is 344 g/mol. The van der Waals surface area contributed by atoms with E-state index < -0.39 is 0 Å². The molecule has 25 heavy (non-hydrogen) atoms. The summed E-state index contributed by atoms with van der Waals surface area (Å²) in [5.41, 5.74) is 8.50. The number of nitrogens with zero attached hydrogens (tertiary/aromatic N) is 2. The first kappa shape index (κ1) is 17.9.